The Labute approximate surface area is 205 Å². The SMILES string of the molecule is C#CCOCCOCCNC(=O)CCC(CCC)(CCC(=O)NCCOCCOCC#C)NC. The fraction of sp³-hybridized carbons (Fsp3) is 0.760. The van der Waals surface area contributed by atoms with Gasteiger partial charge in [0, 0.05) is 31.5 Å². The summed E-state index contributed by atoms with van der Waals surface area (Å²) < 4.78 is 21.0. The van der Waals surface area contributed by atoms with E-state index in [4.69, 9.17) is 31.8 Å². The molecule has 0 aromatic heterocycles. The molecule has 34 heavy (non-hydrogen) atoms. The van der Waals surface area contributed by atoms with Crippen LogP contribution in [0.1, 0.15) is 45.4 Å². The summed E-state index contributed by atoms with van der Waals surface area (Å²) in [5.74, 6) is 4.71. The van der Waals surface area contributed by atoms with Crippen LogP contribution in [0.5, 0.6) is 0 Å². The van der Waals surface area contributed by atoms with Crippen molar-refractivity contribution in [1.29, 1.82) is 0 Å². The second-order valence-electron chi connectivity index (χ2n) is 7.72. The normalized spacial score (nSPS) is 10.9. The summed E-state index contributed by atoms with van der Waals surface area (Å²) >= 11 is 0. The fourth-order valence-corrected chi connectivity index (χ4v) is 3.34. The number of hydrogen-bond acceptors (Lipinski definition) is 7. The number of amides is 2. The van der Waals surface area contributed by atoms with E-state index in [1.54, 1.807) is 0 Å². The molecular formula is C25H43N3O6. The van der Waals surface area contributed by atoms with Gasteiger partial charge in [-0.15, -0.1) is 12.8 Å². The minimum Gasteiger partial charge on any atom is -0.377 e. The van der Waals surface area contributed by atoms with Crippen molar-refractivity contribution in [1.82, 2.24) is 16.0 Å². The third kappa shape index (κ3) is 18.3. The molecule has 9 nitrogen and oxygen atoms in total. The van der Waals surface area contributed by atoms with Crippen LogP contribution in [0.4, 0.5) is 0 Å². The van der Waals surface area contributed by atoms with Crippen molar-refractivity contribution < 1.29 is 28.5 Å². The van der Waals surface area contributed by atoms with Crippen LogP contribution in [0.3, 0.4) is 0 Å². The zero-order valence-electron chi connectivity index (χ0n) is 20.9. The van der Waals surface area contributed by atoms with Gasteiger partial charge in [0.1, 0.15) is 13.2 Å². The molecule has 0 unspecified atom stereocenters. The van der Waals surface area contributed by atoms with Gasteiger partial charge in [0.15, 0.2) is 0 Å². The molecule has 0 fully saturated rings. The van der Waals surface area contributed by atoms with Crippen LogP contribution in [-0.4, -0.2) is 90.3 Å². The first-order valence-electron chi connectivity index (χ1n) is 11.9. The number of terminal acetylenes is 2. The largest absolute Gasteiger partial charge is 0.377 e. The van der Waals surface area contributed by atoms with Crippen molar-refractivity contribution in [2.75, 3.05) is 73.0 Å². The molecule has 0 aliphatic rings. The highest BCUT2D eigenvalue weighted by Crippen LogP contribution is 2.25. The van der Waals surface area contributed by atoms with E-state index >= 15 is 0 Å². The molecule has 3 N–H and O–H groups in total. The molecule has 2 amide bonds. The average Bonchev–Trinajstić information content (AvgIpc) is 2.84. The maximum absolute atomic E-state index is 12.3. The summed E-state index contributed by atoms with van der Waals surface area (Å²) in [6, 6.07) is 0. The molecule has 9 heteroatoms. The predicted octanol–water partition coefficient (Wildman–Crippen LogP) is 0.870. The van der Waals surface area contributed by atoms with Gasteiger partial charge >= 0.3 is 0 Å². The average molecular weight is 482 g/mol. The number of nitrogens with one attached hydrogen (secondary N) is 3. The Bertz CT molecular complexity index is 569. The fourth-order valence-electron chi connectivity index (χ4n) is 3.34. The van der Waals surface area contributed by atoms with E-state index in [0.29, 0.717) is 78.4 Å². The summed E-state index contributed by atoms with van der Waals surface area (Å²) in [5.41, 5.74) is -0.265. The van der Waals surface area contributed by atoms with Crippen molar-refractivity contribution in [3.8, 4) is 24.7 Å². The highest BCUT2D eigenvalue weighted by atomic mass is 16.5. The molecule has 0 aliphatic heterocycles. The van der Waals surface area contributed by atoms with E-state index in [-0.39, 0.29) is 30.6 Å². The first-order chi connectivity index (χ1) is 16.5. The molecular weight excluding hydrogens is 438 g/mol. The van der Waals surface area contributed by atoms with E-state index in [1.165, 1.54) is 0 Å². The van der Waals surface area contributed by atoms with Gasteiger partial charge in [0.05, 0.1) is 39.6 Å². The molecule has 0 heterocycles. The molecule has 0 rings (SSSR count). The van der Waals surface area contributed by atoms with Crippen LogP contribution in [0.15, 0.2) is 0 Å². The van der Waals surface area contributed by atoms with Gasteiger partial charge < -0.3 is 34.9 Å². The minimum atomic E-state index is -0.265. The van der Waals surface area contributed by atoms with Crippen molar-refractivity contribution in [2.24, 2.45) is 0 Å². The third-order valence-electron chi connectivity index (χ3n) is 5.17. The molecule has 0 spiro atoms. The number of rotatable bonds is 23. The molecule has 0 bridgehead atoms. The van der Waals surface area contributed by atoms with Crippen molar-refractivity contribution >= 4 is 11.8 Å². The Morgan fingerprint density at radius 2 is 1.18 bits per heavy atom. The second kappa shape index (κ2) is 22.6. The lowest BCUT2D eigenvalue weighted by Gasteiger charge is -2.33. The van der Waals surface area contributed by atoms with Crippen LogP contribution in [-0.2, 0) is 28.5 Å². The summed E-state index contributed by atoms with van der Waals surface area (Å²) in [6.45, 7) is 6.09. The summed E-state index contributed by atoms with van der Waals surface area (Å²) in [6.07, 6.45) is 14.1. The Kier molecular flexibility index (Phi) is 21.2. The van der Waals surface area contributed by atoms with Gasteiger partial charge in [0.2, 0.25) is 11.8 Å². The molecule has 0 aromatic rings. The molecule has 0 radical (unpaired) electrons. The van der Waals surface area contributed by atoms with Crippen molar-refractivity contribution in [3.05, 3.63) is 0 Å². The Morgan fingerprint density at radius 1 is 0.735 bits per heavy atom. The van der Waals surface area contributed by atoms with Crippen LogP contribution < -0.4 is 16.0 Å². The van der Waals surface area contributed by atoms with Gasteiger partial charge in [-0.2, -0.15) is 0 Å². The van der Waals surface area contributed by atoms with Crippen molar-refractivity contribution in [2.45, 2.75) is 51.0 Å². The van der Waals surface area contributed by atoms with Crippen LogP contribution in [0.2, 0.25) is 0 Å². The summed E-state index contributed by atoms with van der Waals surface area (Å²) in [7, 11) is 1.89. The topological polar surface area (TPSA) is 107 Å². The van der Waals surface area contributed by atoms with E-state index in [0.717, 1.165) is 12.8 Å². The monoisotopic (exact) mass is 481 g/mol. The molecule has 0 saturated heterocycles. The maximum Gasteiger partial charge on any atom is 0.220 e. The third-order valence-corrected chi connectivity index (χ3v) is 5.17. The van der Waals surface area contributed by atoms with E-state index < -0.39 is 0 Å². The lowest BCUT2D eigenvalue weighted by molar-refractivity contribution is -0.121. The lowest BCUT2D eigenvalue weighted by atomic mass is 9.84. The number of hydrogen-bond donors (Lipinski definition) is 3. The highest BCUT2D eigenvalue weighted by molar-refractivity contribution is 5.76. The molecule has 0 atom stereocenters. The van der Waals surface area contributed by atoms with Gasteiger partial charge in [-0.25, -0.2) is 0 Å². The van der Waals surface area contributed by atoms with Gasteiger partial charge in [-0.3, -0.25) is 9.59 Å². The van der Waals surface area contributed by atoms with Crippen LogP contribution in [0, 0.1) is 24.7 Å². The predicted molar refractivity (Wildman–Crippen MR) is 132 cm³/mol. The van der Waals surface area contributed by atoms with Gasteiger partial charge in [-0.1, -0.05) is 25.2 Å². The molecule has 0 aromatic carbocycles. The molecule has 0 saturated carbocycles. The van der Waals surface area contributed by atoms with E-state index in [2.05, 4.69) is 34.7 Å². The molecule has 194 valence electrons. The minimum absolute atomic E-state index is 0.0317. The van der Waals surface area contributed by atoms with E-state index in [1.807, 2.05) is 7.05 Å². The van der Waals surface area contributed by atoms with Crippen LogP contribution >= 0.6 is 0 Å². The van der Waals surface area contributed by atoms with Gasteiger partial charge in [-0.05, 0) is 26.3 Å². The Hall–Kier alpha value is -2.14. The van der Waals surface area contributed by atoms with Crippen LogP contribution in [0.25, 0.3) is 0 Å². The maximum atomic E-state index is 12.3. The number of carbonyl (C=O) groups excluding carboxylic acids is 2. The summed E-state index contributed by atoms with van der Waals surface area (Å²) in [5, 5.41) is 9.10. The van der Waals surface area contributed by atoms with Crippen molar-refractivity contribution in [3.63, 3.8) is 0 Å². The van der Waals surface area contributed by atoms with E-state index in [9.17, 15) is 9.59 Å². The standard InChI is InChI=1S/C25H43N3O6/c1-5-10-25(26-4,11-8-23(29)27-13-17-33-21-19-31-15-6-2)12-9-24(30)28-14-18-34-22-20-32-16-7-3/h2-3,26H,5,8-22H2,1,4H3,(H,27,29)(H,28,30). The summed E-state index contributed by atoms with van der Waals surface area (Å²) in [4.78, 5) is 24.5. The first kappa shape index (κ1) is 31.9. The highest BCUT2D eigenvalue weighted by Gasteiger charge is 2.28. The zero-order chi connectivity index (χ0) is 25.3. The zero-order valence-corrected chi connectivity index (χ0v) is 20.9. The first-order valence-corrected chi connectivity index (χ1v) is 11.9. The quantitative estimate of drug-likeness (QED) is 0.147. The molecule has 0 aliphatic carbocycles. The Morgan fingerprint density at radius 3 is 1.56 bits per heavy atom. The number of carbonyl (C=O) groups is 2. The lowest BCUT2D eigenvalue weighted by Crippen LogP contribution is -2.45. The number of ether oxygens (including phenoxy) is 4. The smallest absolute Gasteiger partial charge is 0.220 e. The Balaban J connectivity index is 4.12. The van der Waals surface area contributed by atoms with Gasteiger partial charge in [0.25, 0.3) is 0 Å². The second-order valence-corrected chi connectivity index (χ2v) is 7.72.